The van der Waals surface area contributed by atoms with Crippen LogP contribution in [0.25, 0.3) is 0 Å². The summed E-state index contributed by atoms with van der Waals surface area (Å²) in [5.74, 6) is 0. The molecule has 1 atom stereocenters. The molecule has 0 nitrogen and oxygen atoms in total. The van der Waals surface area contributed by atoms with Gasteiger partial charge in [0.05, 0.1) is 0 Å². The van der Waals surface area contributed by atoms with Gasteiger partial charge in [0.1, 0.15) is 6.17 Å². The maximum absolute atomic E-state index is 12.4. The van der Waals surface area contributed by atoms with Gasteiger partial charge < -0.3 is 0 Å². The average Bonchev–Trinajstić information content (AvgIpc) is 1.89. The quantitative estimate of drug-likeness (QED) is 0.513. The van der Waals surface area contributed by atoms with Crippen molar-refractivity contribution in [3.8, 4) is 0 Å². The van der Waals surface area contributed by atoms with Crippen LogP contribution in [0, 0.1) is 0 Å². The van der Waals surface area contributed by atoms with E-state index in [4.69, 9.17) is 0 Å². The topological polar surface area (TPSA) is 0 Å². The van der Waals surface area contributed by atoms with Crippen molar-refractivity contribution in [2.45, 2.75) is 39.3 Å². The number of alkyl halides is 1. The number of halogens is 1. The van der Waals surface area contributed by atoms with Crippen molar-refractivity contribution in [1.29, 1.82) is 0 Å². The molecule has 0 aromatic rings. The highest BCUT2D eigenvalue weighted by atomic mass is 19.1. The van der Waals surface area contributed by atoms with E-state index >= 15 is 0 Å². The Morgan fingerprint density at radius 3 is 2.56 bits per heavy atom. The van der Waals surface area contributed by atoms with Crippen LogP contribution in [0.4, 0.5) is 4.39 Å². The van der Waals surface area contributed by atoms with Crippen LogP contribution in [0.1, 0.15) is 33.1 Å². The first-order chi connectivity index (χ1) is 4.31. The molecule has 0 saturated carbocycles. The minimum absolute atomic E-state index is 0.597. The van der Waals surface area contributed by atoms with Gasteiger partial charge in [-0.05, 0) is 12.8 Å². The third-order valence-corrected chi connectivity index (χ3v) is 1.19. The first kappa shape index (κ1) is 8.67. The van der Waals surface area contributed by atoms with Gasteiger partial charge in [-0.15, -0.1) is 0 Å². The molecular weight excluding hydrogens is 115 g/mol. The van der Waals surface area contributed by atoms with E-state index in [1.807, 2.05) is 13.0 Å². The minimum atomic E-state index is -0.725. The molecule has 0 rings (SSSR count). The van der Waals surface area contributed by atoms with Crippen molar-refractivity contribution in [3.05, 3.63) is 12.2 Å². The molecule has 9 heavy (non-hydrogen) atoms. The Balaban J connectivity index is 3.20. The molecule has 1 unspecified atom stereocenters. The summed E-state index contributed by atoms with van der Waals surface area (Å²) in [6, 6.07) is 0. The lowest BCUT2D eigenvalue weighted by Crippen LogP contribution is -1.89. The van der Waals surface area contributed by atoms with Gasteiger partial charge in [-0.25, -0.2) is 4.39 Å². The standard InChI is InChI=1S/C8H15F/c1-3-5-6-7-8(9)4-2/h6-8H,3-5H2,1-2H3/b7-6-. The molecule has 0 radical (unpaired) electrons. The Hall–Kier alpha value is -0.330. The van der Waals surface area contributed by atoms with Crippen LogP contribution in [-0.4, -0.2) is 6.17 Å². The summed E-state index contributed by atoms with van der Waals surface area (Å²) in [6.07, 6.45) is 5.53. The fourth-order valence-corrected chi connectivity index (χ4v) is 0.547. The van der Waals surface area contributed by atoms with Gasteiger partial charge in [0.25, 0.3) is 0 Å². The highest BCUT2D eigenvalue weighted by Crippen LogP contribution is 1.99. The zero-order valence-corrected chi connectivity index (χ0v) is 6.23. The van der Waals surface area contributed by atoms with Gasteiger partial charge in [-0.2, -0.15) is 0 Å². The smallest absolute Gasteiger partial charge is 0.118 e. The van der Waals surface area contributed by atoms with E-state index in [0.29, 0.717) is 6.42 Å². The second-order valence-corrected chi connectivity index (χ2v) is 2.14. The Labute approximate surface area is 56.8 Å². The molecule has 54 valence electrons. The molecule has 0 aliphatic rings. The zero-order chi connectivity index (χ0) is 7.11. The zero-order valence-electron chi connectivity index (χ0n) is 6.23. The van der Waals surface area contributed by atoms with E-state index in [1.54, 1.807) is 6.08 Å². The summed E-state index contributed by atoms with van der Waals surface area (Å²) in [7, 11) is 0. The second-order valence-electron chi connectivity index (χ2n) is 2.14. The maximum atomic E-state index is 12.4. The molecule has 0 fully saturated rings. The van der Waals surface area contributed by atoms with Gasteiger partial charge in [-0.1, -0.05) is 32.4 Å². The van der Waals surface area contributed by atoms with Crippen molar-refractivity contribution >= 4 is 0 Å². The van der Waals surface area contributed by atoms with Crippen LogP contribution in [0.2, 0.25) is 0 Å². The Morgan fingerprint density at radius 2 is 2.11 bits per heavy atom. The van der Waals surface area contributed by atoms with E-state index in [9.17, 15) is 4.39 Å². The third kappa shape index (κ3) is 5.54. The number of hydrogen-bond acceptors (Lipinski definition) is 0. The van der Waals surface area contributed by atoms with E-state index < -0.39 is 6.17 Å². The van der Waals surface area contributed by atoms with Gasteiger partial charge in [0, 0.05) is 0 Å². The van der Waals surface area contributed by atoms with Crippen molar-refractivity contribution in [1.82, 2.24) is 0 Å². The number of rotatable bonds is 4. The molecule has 1 heteroatoms. The Kier molecular flexibility index (Phi) is 5.59. The van der Waals surface area contributed by atoms with Gasteiger partial charge in [-0.3, -0.25) is 0 Å². The third-order valence-electron chi connectivity index (χ3n) is 1.19. The van der Waals surface area contributed by atoms with E-state index in [-0.39, 0.29) is 0 Å². The van der Waals surface area contributed by atoms with Crippen molar-refractivity contribution < 1.29 is 4.39 Å². The lowest BCUT2D eigenvalue weighted by atomic mass is 10.2. The molecular formula is C8H15F. The summed E-state index contributed by atoms with van der Waals surface area (Å²) in [5, 5.41) is 0. The van der Waals surface area contributed by atoms with E-state index in [0.717, 1.165) is 12.8 Å². The number of hydrogen-bond donors (Lipinski definition) is 0. The highest BCUT2D eigenvalue weighted by molar-refractivity contribution is 4.87. The molecule has 0 aliphatic carbocycles. The molecule has 0 aromatic heterocycles. The monoisotopic (exact) mass is 130 g/mol. The van der Waals surface area contributed by atoms with Crippen LogP contribution in [0.5, 0.6) is 0 Å². The minimum Gasteiger partial charge on any atom is -0.243 e. The van der Waals surface area contributed by atoms with Crippen LogP contribution in [0.3, 0.4) is 0 Å². The molecule has 0 aliphatic heterocycles. The summed E-state index contributed by atoms with van der Waals surface area (Å²) >= 11 is 0. The first-order valence-electron chi connectivity index (χ1n) is 3.62. The second kappa shape index (κ2) is 5.80. The Bertz CT molecular complexity index is 76.6. The summed E-state index contributed by atoms with van der Waals surface area (Å²) in [5.41, 5.74) is 0. The van der Waals surface area contributed by atoms with Gasteiger partial charge >= 0.3 is 0 Å². The molecule has 0 N–H and O–H groups in total. The summed E-state index contributed by atoms with van der Waals surface area (Å²) in [6.45, 7) is 3.93. The van der Waals surface area contributed by atoms with Crippen LogP contribution < -0.4 is 0 Å². The molecule has 0 saturated heterocycles. The molecule has 0 spiro atoms. The molecule has 0 heterocycles. The predicted molar refractivity (Wildman–Crippen MR) is 39.2 cm³/mol. The maximum Gasteiger partial charge on any atom is 0.118 e. The average molecular weight is 130 g/mol. The number of allylic oxidation sites excluding steroid dienone is 2. The van der Waals surface area contributed by atoms with Gasteiger partial charge in [0.15, 0.2) is 0 Å². The van der Waals surface area contributed by atoms with Crippen LogP contribution >= 0.6 is 0 Å². The van der Waals surface area contributed by atoms with Crippen LogP contribution in [0.15, 0.2) is 12.2 Å². The van der Waals surface area contributed by atoms with Gasteiger partial charge in [0.2, 0.25) is 0 Å². The lowest BCUT2D eigenvalue weighted by molar-refractivity contribution is 0.390. The highest BCUT2D eigenvalue weighted by Gasteiger charge is 1.92. The summed E-state index contributed by atoms with van der Waals surface area (Å²) in [4.78, 5) is 0. The van der Waals surface area contributed by atoms with Crippen molar-refractivity contribution in [2.75, 3.05) is 0 Å². The van der Waals surface area contributed by atoms with E-state index in [1.165, 1.54) is 0 Å². The lowest BCUT2D eigenvalue weighted by Gasteiger charge is -1.93. The predicted octanol–water partition coefficient (Wildman–Crippen LogP) is 3.09. The summed E-state index contributed by atoms with van der Waals surface area (Å²) < 4.78 is 12.4. The van der Waals surface area contributed by atoms with E-state index in [2.05, 4.69) is 6.92 Å². The first-order valence-corrected chi connectivity index (χ1v) is 3.62. The molecule has 0 aromatic carbocycles. The largest absolute Gasteiger partial charge is 0.243 e. The SMILES string of the molecule is CCC/C=C\C(F)CC. The van der Waals surface area contributed by atoms with Crippen molar-refractivity contribution in [2.24, 2.45) is 0 Å². The molecule has 0 bridgehead atoms. The fraction of sp³-hybridized carbons (Fsp3) is 0.750. The Morgan fingerprint density at radius 1 is 1.44 bits per heavy atom. The normalized spacial score (nSPS) is 14.6. The number of unbranched alkanes of at least 4 members (excludes halogenated alkanes) is 1. The fourth-order valence-electron chi connectivity index (χ4n) is 0.547. The van der Waals surface area contributed by atoms with Crippen molar-refractivity contribution in [3.63, 3.8) is 0 Å². The van der Waals surface area contributed by atoms with Crippen LogP contribution in [-0.2, 0) is 0 Å². The molecule has 0 amide bonds.